The van der Waals surface area contributed by atoms with Crippen molar-refractivity contribution in [3.8, 4) is 0 Å². The number of aromatic nitrogens is 1. The summed E-state index contributed by atoms with van der Waals surface area (Å²) in [6.07, 6.45) is 6.61. The number of hydrogen-bond donors (Lipinski definition) is 2. The molecule has 2 rings (SSSR count). The van der Waals surface area contributed by atoms with Crippen LogP contribution < -0.4 is 11.1 Å². The van der Waals surface area contributed by atoms with Gasteiger partial charge in [-0.1, -0.05) is 6.07 Å². The lowest BCUT2D eigenvalue weighted by Crippen LogP contribution is -2.37. The highest BCUT2D eigenvalue weighted by Crippen LogP contribution is 2.17. The highest BCUT2D eigenvalue weighted by Gasteiger charge is 2.17. The second kappa shape index (κ2) is 5.75. The monoisotopic (exact) mass is 283 g/mol. The summed E-state index contributed by atoms with van der Waals surface area (Å²) < 4.78 is 0.889. The third-order valence-corrected chi connectivity index (χ3v) is 3.62. The van der Waals surface area contributed by atoms with Crippen LogP contribution in [0, 0.1) is 0 Å². The summed E-state index contributed by atoms with van der Waals surface area (Å²) in [5, 5.41) is 3.57. The molecule has 0 atom stereocenters. The summed E-state index contributed by atoms with van der Waals surface area (Å²) in [4.78, 5) is 4.21. The maximum atomic E-state index is 5.88. The van der Waals surface area contributed by atoms with E-state index in [1.165, 1.54) is 18.4 Å². The number of hydrogen-bond acceptors (Lipinski definition) is 3. The van der Waals surface area contributed by atoms with Crippen molar-refractivity contribution >= 4 is 15.9 Å². The molecule has 4 heteroatoms. The Bertz CT molecular complexity index is 318. The van der Waals surface area contributed by atoms with Crippen LogP contribution >= 0.6 is 15.9 Å². The zero-order chi connectivity index (χ0) is 11.4. The molecule has 3 N–H and O–H groups in total. The smallest absolute Gasteiger partial charge is 0.106 e. The first-order valence-corrected chi connectivity index (χ1v) is 6.63. The van der Waals surface area contributed by atoms with Crippen LogP contribution in [0.2, 0.25) is 0 Å². The molecule has 3 nitrogen and oxygen atoms in total. The minimum atomic E-state index is 0.424. The van der Waals surface area contributed by atoms with Crippen LogP contribution in [0.5, 0.6) is 0 Å². The van der Waals surface area contributed by atoms with E-state index in [1.54, 1.807) is 0 Å². The molecule has 0 unspecified atom stereocenters. The fourth-order valence-electron chi connectivity index (χ4n) is 2.10. The van der Waals surface area contributed by atoms with Crippen LogP contribution in [0.3, 0.4) is 0 Å². The molecule has 1 heterocycles. The molecule has 1 saturated carbocycles. The summed E-state index contributed by atoms with van der Waals surface area (Å²) in [6, 6.07) is 5.13. The minimum absolute atomic E-state index is 0.424. The minimum Gasteiger partial charge on any atom is -0.328 e. The van der Waals surface area contributed by atoms with E-state index in [1.807, 2.05) is 12.3 Å². The lowest BCUT2D eigenvalue weighted by molar-refractivity contribution is 0.341. The van der Waals surface area contributed by atoms with Crippen molar-refractivity contribution < 1.29 is 0 Å². The number of halogens is 1. The van der Waals surface area contributed by atoms with E-state index in [4.69, 9.17) is 5.73 Å². The fourth-order valence-corrected chi connectivity index (χ4v) is 2.33. The maximum absolute atomic E-state index is 5.88. The van der Waals surface area contributed by atoms with Gasteiger partial charge in [0.2, 0.25) is 0 Å². The number of nitrogens with two attached hydrogens (primary N) is 1. The molecular formula is C12H18BrN3. The number of pyridine rings is 1. The van der Waals surface area contributed by atoms with Crippen molar-refractivity contribution in [2.75, 3.05) is 0 Å². The van der Waals surface area contributed by atoms with Gasteiger partial charge in [-0.25, -0.2) is 4.98 Å². The van der Waals surface area contributed by atoms with Gasteiger partial charge in [0.15, 0.2) is 0 Å². The second-order valence-electron chi connectivity index (χ2n) is 4.48. The van der Waals surface area contributed by atoms with Crippen LogP contribution in [-0.4, -0.2) is 17.1 Å². The molecule has 1 aromatic heterocycles. The summed E-state index contributed by atoms with van der Waals surface area (Å²) in [6.45, 7) is 0.903. The Kier molecular flexibility index (Phi) is 4.32. The fraction of sp³-hybridized carbons (Fsp3) is 0.583. The Morgan fingerprint density at radius 1 is 1.31 bits per heavy atom. The zero-order valence-electron chi connectivity index (χ0n) is 9.32. The van der Waals surface area contributed by atoms with Crippen molar-refractivity contribution in [3.63, 3.8) is 0 Å². The summed E-state index contributed by atoms with van der Waals surface area (Å²) in [5.41, 5.74) is 7.11. The third-order valence-electron chi connectivity index (χ3n) is 3.16. The van der Waals surface area contributed by atoms with Crippen molar-refractivity contribution in [3.05, 3.63) is 28.5 Å². The van der Waals surface area contributed by atoms with Gasteiger partial charge in [-0.3, -0.25) is 0 Å². The molecule has 16 heavy (non-hydrogen) atoms. The molecular weight excluding hydrogens is 266 g/mol. The van der Waals surface area contributed by atoms with Gasteiger partial charge in [-0.2, -0.15) is 0 Å². The number of rotatable bonds is 3. The molecule has 0 saturated heterocycles. The zero-order valence-corrected chi connectivity index (χ0v) is 10.9. The van der Waals surface area contributed by atoms with E-state index in [0.717, 1.165) is 24.0 Å². The molecule has 0 amide bonds. The van der Waals surface area contributed by atoms with Crippen LogP contribution in [0.1, 0.15) is 31.2 Å². The van der Waals surface area contributed by atoms with Crippen molar-refractivity contribution in [1.82, 2.24) is 10.3 Å². The van der Waals surface area contributed by atoms with Gasteiger partial charge >= 0.3 is 0 Å². The summed E-state index contributed by atoms with van der Waals surface area (Å²) in [5.74, 6) is 0. The molecule has 0 aromatic carbocycles. The quantitative estimate of drug-likeness (QED) is 0.837. The molecule has 1 aliphatic carbocycles. The average Bonchev–Trinajstić information content (AvgIpc) is 2.30. The van der Waals surface area contributed by atoms with Gasteiger partial charge in [0.1, 0.15) is 4.60 Å². The molecule has 0 aliphatic heterocycles. The molecule has 1 fully saturated rings. The van der Waals surface area contributed by atoms with Gasteiger partial charge in [0, 0.05) is 24.8 Å². The first kappa shape index (κ1) is 12.0. The normalized spacial score (nSPS) is 25.6. The predicted octanol–water partition coefficient (Wildman–Crippen LogP) is 2.20. The average molecular weight is 284 g/mol. The molecule has 1 aliphatic rings. The third kappa shape index (κ3) is 3.54. The predicted molar refractivity (Wildman–Crippen MR) is 69.0 cm³/mol. The molecule has 88 valence electrons. The molecule has 0 spiro atoms. The lowest BCUT2D eigenvalue weighted by Gasteiger charge is -2.26. The van der Waals surface area contributed by atoms with Crippen LogP contribution in [0.15, 0.2) is 22.9 Å². The number of nitrogens with zero attached hydrogens (tertiary/aromatic N) is 1. The Morgan fingerprint density at radius 2 is 2.06 bits per heavy atom. The molecule has 0 radical (unpaired) electrons. The van der Waals surface area contributed by atoms with Crippen LogP contribution in [0.25, 0.3) is 0 Å². The highest BCUT2D eigenvalue weighted by molar-refractivity contribution is 9.10. The van der Waals surface area contributed by atoms with Crippen molar-refractivity contribution in [2.45, 2.75) is 44.3 Å². The molecule has 0 bridgehead atoms. The first-order valence-electron chi connectivity index (χ1n) is 5.83. The van der Waals surface area contributed by atoms with Gasteiger partial charge < -0.3 is 11.1 Å². The van der Waals surface area contributed by atoms with E-state index >= 15 is 0 Å². The first-order chi connectivity index (χ1) is 7.74. The van der Waals surface area contributed by atoms with E-state index in [-0.39, 0.29) is 0 Å². The Hall–Kier alpha value is -0.450. The Labute approximate surface area is 105 Å². The summed E-state index contributed by atoms with van der Waals surface area (Å²) in [7, 11) is 0. The lowest BCUT2D eigenvalue weighted by atomic mass is 9.92. The largest absolute Gasteiger partial charge is 0.328 e. The maximum Gasteiger partial charge on any atom is 0.106 e. The summed E-state index contributed by atoms with van der Waals surface area (Å²) >= 11 is 3.33. The van der Waals surface area contributed by atoms with E-state index < -0.39 is 0 Å². The van der Waals surface area contributed by atoms with E-state index in [2.05, 4.69) is 32.3 Å². The standard InChI is InChI=1S/C12H18BrN3/c13-12-6-1-9(8-16-12)7-15-11-4-2-10(14)3-5-11/h1,6,8,10-11,15H,2-5,7,14H2. The van der Waals surface area contributed by atoms with Crippen molar-refractivity contribution in [1.29, 1.82) is 0 Å². The van der Waals surface area contributed by atoms with Gasteiger partial charge in [0.25, 0.3) is 0 Å². The topological polar surface area (TPSA) is 50.9 Å². The highest BCUT2D eigenvalue weighted by atomic mass is 79.9. The number of nitrogens with one attached hydrogen (secondary N) is 1. The Morgan fingerprint density at radius 3 is 2.69 bits per heavy atom. The van der Waals surface area contributed by atoms with E-state index in [9.17, 15) is 0 Å². The van der Waals surface area contributed by atoms with Crippen LogP contribution in [-0.2, 0) is 6.54 Å². The van der Waals surface area contributed by atoms with Gasteiger partial charge in [-0.05, 0) is 53.2 Å². The molecule has 1 aromatic rings. The Balaban J connectivity index is 1.77. The van der Waals surface area contributed by atoms with Crippen LogP contribution in [0.4, 0.5) is 0 Å². The SMILES string of the molecule is NC1CCC(NCc2ccc(Br)nc2)CC1. The van der Waals surface area contributed by atoms with Gasteiger partial charge in [-0.15, -0.1) is 0 Å². The van der Waals surface area contributed by atoms with E-state index in [0.29, 0.717) is 12.1 Å². The second-order valence-corrected chi connectivity index (χ2v) is 5.29. The van der Waals surface area contributed by atoms with Crippen molar-refractivity contribution in [2.24, 2.45) is 5.73 Å². The van der Waals surface area contributed by atoms with Gasteiger partial charge in [0.05, 0.1) is 0 Å².